The zero-order chi connectivity index (χ0) is 18.8. The normalized spacial score (nSPS) is 22.8. The van der Waals surface area contributed by atoms with Crippen LogP contribution in [0, 0.1) is 11.6 Å². The number of ether oxygens (including phenoxy) is 1. The number of carbonyl (C=O) groups excluding carboxylic acids is 1. The lowest BCUT2D eigenvalue weighted by Crippen LogP contribution is -2.46. The summed E-state index contributed by atoms with van der Waals surface area (Å²) in [5.41, 5.74) is 2.27. The fourth-order valence-corrected chi connectivity index (χ4v) is 3.96. The Morgan fingerprint density at radius 3 is 2.81 bits per heavy atom. The molecular formula is C21H22F2N2O2. The van der Waals surface area contributed by atoms with Crippen LogP contribution >= 0.6 is 0 Å². The van der Waals surface area contributed by atoms with Gasteiger partial charge in [-0.1, -0.05) is 30.3 Å². The highest BCUT2D eigenvalue weighted by Gasteiger charge is 2.37. The van der Waals surface area contributed by atoms with Gasteiger partial charge in [0.05, 0.1) is 12.6 Å². The van der Waals surface area contributed by atoms with Crippen molar-refractivity contribution in [3.05, 3.63) is 70.8 Å². The van der Waals surface area contributed by atoms with Crippen LogP contribution < -0.4 is 5.32 Å². The van der Waals surface area contributed by atoms with Gasteiger partial charge in [0, 0.05) is 24.7 Å². The van der Waals surface area contributed by atoms with E-state index < -0.39 is 23.8 Å². The highest BCUT2D eigenvalue weighted by molar-refractivity contribution is 5.82. The van der Waals surface area contributed by atoms with Gasteiger partial charge in [0.1, 0.15) is 17.7 Å². The summed E-state index contributed by atoms with van der Waals surface area (Å²) in [6, 6.07) is 10.7. The van der Waals surface area contributed by atoms with Crippen molar-refractivity contribution >= 4 is 5.91 Å². The Hall–Kier alpha value is -2.31. The molecule has 0 bridgehead atoms. The molecule has 2 heterocycles. The van der Waals surface area contributed by atoms with Crippen LogP contribution in [0.1, 0.15) is 29.2 Å². The predicted molar refractivity (Wildman–Crippen MR) is 97.3 cm³/mol. The molecule has 2 aliphatic rings. The van der Waals surface area contributed by atoms with Crippen LogP contribution in [0.5, 0.6) is 0 Å². The van der Waals surface area contributed by atoms with Crippen LogP contribution in [0.3, 0.4) is 0 Å². The molecule has 2 aromatic rings. The Bertz CT molecular complexity index is 835. The molecule has 2 aromatic carbocycles. The number of amides is 1. The van der Waals surface area contributed by atoms with Gasteiger partial charge in [0.25, 0.3) is 5.91 Å². The molecule has 2 aliphatic heterocycles. The van der Waals surface area contributed by atoms with E-state index in [2.05, 4.69) is 5.32 Å². The fourth-order valence-electron chi connectivity index (χ4n) is 3.96. The number of halogens is 2. The number of hydrogen-bond donors (Lipinski definition) is 1. The summed E-state index contributed by atoms with van der Waals surface area (Å²) < 4.78 is 33.8. The minimum atomic E-state index is -0.641. The largest absolute Gasteiger partial charge is 0.367 e. The number of rotatable bonds is 2. The minimum absolute atomic E-state index is 0.137. The number of nitrogens with zero attached hydrogens (tertiary/aromatic N) is 1. The van der Waals surface area contributed by atoms with Crippen molar-refractivity contribution in [1.82, 2.24) is 10.2 Å². The molecule has 0 aliphatic carbocycles. The number of nitrogens with one attached hydrogen (secondary N) is 1. The van der Waals surface area contributed by atoms with Crippen molar-refractivity contribution in [2.24, 2.45) is 0 Å². The average molecular weight is 372 g/mol. The van der Waals surface area contributed by atoms with E-state index >= 15 is 0 Å². The van der Waals surface area contributed by atoms with Gasteiger partial charge in [-0.2, -0.15) is 0 Å². The Morgan fingerprint density at radius 1 is 1.11 bits per heavy atom. The van der Waals surface area contributed by atoms with Gasteiger partial charge < -0.3 is 15.0 Å². The quantitative estimate of drug-likeness (QED) is 0.882. The van der Waals surface area contributed by atoms with Crippen LogP contribution in [-0.4, -0.2) is 43.2 Å². The minimum Gasteiger partial charge on any atom is -0.367 e. The zero-order valence-corrected chi connectivity index (χ0v) is 15.0. The van der Waals surface area contributed by atoms with Gasteiger partial charge in [-0.15, -0.1) is 0 Å². The molecule has 4 rings (SSSR count). The van der Waals surface area contributed by atoms with E-state index in [-0.39, 0.29) is 5.91 Å². The van der Waals surface area contributed by atoms with E-state index in [9.17, 15) is 13.6 Å². The maximum atomic E-state index is 14.7. The lowest BCUT2D eigenvalue weighted by Gasteiger charge is -2.39. The second kappa shape index (κ2) is 7.74. The fraction of sp³-hybridized carbons (Fsp3) is 0.381. The second-order valence-electron chi connectivity index (χ2n) is 6.95. The van der Waals surface area contributed by atoms with Gasteiger partial charge in [0.15, 0.2) is 0 Å². The van der Waals surface area contributed by atoms with E-state index in [1.807, 2.05) is 24.3 Å². The summed E-state index contributed by atoms with van der Waals surface area (Å²) in [5.74, 6) is -1.41. The van der Waals surface area contributed by atoms with Gasteiger partial charge >= 0.3 is 0 Å². The van der Waals surface area contributed by atoms with E-state index in [0.717, 1.165) is 17.2 Å². The molecule has 27 heavy (non-hydrogen) atoms. The van der Waals surface area contributed by atoms with E-state index in [1.165, 1.54) is 12.1 Å². The third-order valence-corrected chi connectivity index (χ3v) is 5.28. The van der Waals surface area contributed by atoms with Crippen molar-refractivity contribution in [3.63, 3.8) is 0 Å². The first kappa shape index (κ1) is 18.1. The topological polar surface area (TPSA) is 41.6 Å². The van der Waals surface area contributed by atoms with Gasteiger partial charge in [0.2, 0.25) is 0 Å². The lowest BCUT2D eigenvalue weighted by atomic mass is 9.87. The molecule has 142 valence electrons. The van der Waals surface area contributed by atoms with Crippen molar-refractivity contribution in [3.8, 4) is 0 Å². The Kier molecular flexibility index (Phi) is 5.18. The molecule has 0 unspecified atom stereocenters. The number of carbonyl (C=O) groups is 1. The second-order valence-corrected chi connectivity index (χ2v) is 6.95. The summed E-state index contributed by atoms with van der Waals surface area (Å²) in [4.78, 5) is 14.9. The molecule has 0 radical (unpaired) electrons. The Balaban J connectivity index is 1.74. The molecule has 1 saturated heterocycles. The standard InChI is InChI=1S/C21H22F2N2O2/c22-15-5-6-17(18(23)13-15)20-16-4-2-1-3-14(16)8-11-25(20)21(26)19-7-9-24-10-12-27-19/h1-6,13,19-20,24H,7-12H2/t19-,20-/m1/s1. The maximum Gasteiger partial charge on any atom is 0.252 e. The van der Waals surface area contributed by atoms with Gasteiger partial charge in [-0.3, -0.25) is 4.79 Å². The summed E-state index contributed by atoms with van der Waals surface area (Å²) in [6.07, 6.45) is 0.734. The number of benzene rings is 2. The van der Waals surface area contributed by atoms with Crippen LogP contribution in [-0.2, 0) is 16.0 Å². The monoisotopic (exact) mass is 372 g/mol. The molecule has 6 heteroatoms. The molecule has 4 nitrogen and oxygen atoms in total. The number of fused-ring (bicyclic) bond motifs is 1. The first-order chi connectivity index (χ1) is 13.1. The third-order valence-electron chi connectivity index (χ3n) is 5.28. The van der Waals surface area contributed by atoms with Crippen molar-refractivity contribution < 1.29 is 18.3 Å². The Morgan fingerprint density at radius 2 is 1.96 bits per heavy atom. The zero-order valence-electron chi connectivity index (χ0n) is 15.0. The van der Waals surface area contributed by atoms with Crippen LogP contribution in [0.15, 0.2) is 42.5 Å². The van der Waals surface area contributed by atoms with E-state index in [0.29, 0.717) is 44.6 Å². The highest BCUT2D eigenvalue weighted by Crippen LogP contribution is 2.37. The molecular weight excluding hydrogens is 350 g/mol. The van der Waals surface area contributed by atoms with Crippen molar-refractivity contribution in [1.29, 1.82) is 0 Å². The summed E-state index contributed by atoms with van der Waals surface area (Å²) >= 11 is 0. The average Bonchev–Trinajstić information content (AvgIpc) is 2.96. The van der Waals surface area contributed by atoms with Gasteiger partial charge in [-0.05, 0) is 36.6 Å². The van der Waals surface area contributed by atoms with Crippen LogP contribution in [0.4, 0.5) is 8.78 Å². The molecule has 0 aromatic heterocycles. The first-order valence-electron chi connectivity index (χ1n) is 9.30. The van der Waals surface area contributed by atoms with Gasteiger partial charge in [-0.25, -0.2) is 8.78 Å². The molecule has 0 spiro atoms. The Labute approximate surface area is 157 Å². The predicted octanol–water partition coefficient (Wildman–Crippen LogP) is 2.82. The number of hydrogen-bond acceptors (Lipinski definition) is 3. The molecule has 1 amide bonds. The molecule has 2 atom stereocenters. The lowest BCUT2D eigenvalue weighted by molar-refractivity contribution is -0.145. The summed E-state index contributed by atoms with van der Waals surface area (Å²) in [7, 11) is 0. The first-order valence-corrected chi connectivity index (χ1v) is 9.30. The van der Waals surface area contributed by atoms with Crippen molar-refractivity contribution in [2.75, 3.05) is 26.2 Å². The van der Waals surface area contributed by atoms with E-state index in [1.54, 1.807) is 4.90 Å². The van der Waals surface area contributed by atoms with E-state index in [4.69, 9.17) is 4.74 Å². The van der Waals surface area contributed by atoms with Crippen LogP contribution in [0.25, 0.3) is 0 Å². The summed E-state index contributed by atoms with van der Waals surface area (Å²) in [6.45, 7) is 2.36. The van der Waals surface area contributed by atoms with Crippen LogP contribution in [0.2, 0.25) is 0 Å². The highest BCUT2D eigenvalue weighted by atomic mass is 19.1. The third kappa shape index (κ3) is 3.59. The molecule has 1 N–H and O–H groups in total. The SMILES string of the molecule is O=C([C@H]1CCNCCO1)N1CCc2ccccc2[C@@H]1c1ccc(F)cc1F. The molecule has 1 fully saturated rings. The smallest absolute Gasteiger partial charge is 0.252 e. The van der Waals surface area contributed by atoms with Crippen molar-refractivity contribution in [2.45, 2.75) is 25.0 Å². The molecule has 0 saturated carbocycles. The maximum absolute atomic E-state index is 14.7. The summed E-state index contributed by atoms with van der Waals surface area (Å²) in [5, 5.41) is 3.21.